The molecule has 3 aromatic carbocycles. The molecule has 7 nitrogen and oxygen atoms in total. The first kappa shape index (κ1) is 22.8. The predicted molar refractivity (Wildman–Crippen MR) is 131 cm³/mol. The van der Waals surface area contributed by atoms with Crippen LogP contribution in [0.4, 0.5) is 0 Å². The molecule has 2 aliphatic heterocycles. The molecule has 2 amide bonds. The molecule has 0 fully saturated rings. The van der Waals surface area contributed by atoms with E-state index >= 15 is 0 Å². The average molecular weight is 473 g/mol. The highest BCUT2D eigenvalue weighted by Crippen LogP contribution is 2.48. The van der Waals surface area contributed by atoms with Crippen LogP contribution >= 0.6 is 0 Å². The van der Waals surface area contributed by atoms with Crippen molar-refractivity contribution in [3.63, 3.8) is 0 Å². The van der Waals surface area contributed by atoms with Crippen LogP contribution in [0.25, 0.3) is 0 Å². The Labute approximate surface area is 204 Å². The van der Waals surface area contributed by atoms with E-state index in [-0.39, 0.29) is 11.8 Å². The lowest BCUT2D eigenvalue weighted by Gasteiger charge is -2.45. The molecule has 0 aromatic heterocycles. The first-order valence-electron chi connectivity index (χ1n) is 11.6. The van der Waals surface area contributed by atoms with E-state index in [9.17, 15) is 9.59 Å². The second-order valence-electron chi connectivity index (χ2n) is 8.69. The molecular weight excluding hydrogens is 444 g/mol. The van der Waals surface area contributed by atoms with Crippen LogP contribution in [-0.4, -0.2) is 44.6 Å². The molecule has 2 atom stereocenters. The van der Waals surface area contributed by atoms with E-state index in [2.05, 4.69) is 5.32 Å². The van der Waals surface area contributed by atoms with Crippen LogP contribution in [0.15, 0.2) is 60.7 Å². The summed E-state index contributed by atoms with van der Waals surface area (Å²) in [6.45, 7) is 0.845. The van der Waals surface area contributed by atoms with Gasteiger partial charge in [-0.05, 0) is 47.4 Å². The Morgan fingerprint density at radius 2 is 1.60 bits per heavy atom. The van der Waals surface area contributed by atoms with E-state index < -0.39 is 12.0 Å². The van der Waals surface area contributed by atoms with E-state index in [1.165, 1.54) is 0 Å². The minimum absolute atomic E-state index is 0.0557. The van der Waals surface area contributed by atoms with Crippen molar-refractivity contribution in [1.82, 2.24) is 10.2 Å². The molecule has 0 aliphatic carbocycles. The molecule has 5 rings (SSSR count). The molecule has 2 heterocycles. The number of nitrogens with one attached hydrogen (secondary N) is 1. The van der Waals surface area contributed by atoms with Gasteiger partial charge >= 0.3 is 0 Å². The normalized spacial score (nSPS) is 18.1. The van der Waals surface area contributed by atoms with Crippen LogP contribution in [0, 0.1) is 0 Å². The molecule has 0 spiro atoms. The van der Waals surface area contributed by atoms with Crippen molar-refractivity contribution >= 4 is 11.8 Å². The summed E-state index contributed by atoms with van der Waals surface area (Å²) in [4.78, 5) is 29.2. The van der Waals surface area contributed by atoms with Crippen LogP contribution < -0.4 is 19.5 Å². The molecule has 0 bridgehead atoms. The molecule has 180 valence electrons. The maximum absolute atomic E-state index is 13.8. The Kier molecular flexibility index (Phi) is 6.07. The number of fused-ring (bicyclic) bond motifs is 4. The van der Waals surface area contributed by atoms with Crippen molar-refractivity contribution < 1.29 is 23.8 Å². The minimum atomic E-state index is -0.573. The van der Waals surface area contributed by atoms with Gasteiger partial charge in [0.1, 0.15) is 5.75 Å². The van der Waals surface area contributed by atoms with Crippen LogP contribution in [0.5, 0.6) is 17.2 Å². The number of ether oxygens (including phenoxy) is 3. The van der Waals surface area contributed by atoms with Gasteiger partial charge in [0.05, 0.1) is 33.3 Å². The third kappa shape index (κ3) is 3.87. The number of hydrogen-bond donors (Lipinski definition) is 1. The number of amides is 2. The molecule has 7 heteroatoms. The lowest BCUT2D eigenvalue weighted by atomic mass is 9.75. The highest BCUT2D eigenvalue weighted by Gasteiger charge is 2.46. The lowest BCUT2D eigenvalue weighted by Crippen LogP contribution is -2.50. The van der Waals surface area contributed by atoms with Crippen LogP contribution in [0.2, 0.25) is 0 Å². The molecule has 3 aromatic rings. The topological polar surface area (TPSA) is 77.1 Å². The van der Waals surface area contributed by atoms with E-state index in [0.29, 0.717) is 42.3 Å². The van der Waals surface area contributed by atoms with Crippen LogP contribution in [0.3, 0.4) is 0 Å². The first-order chi connectivity index (χ1) is 17.1. The lowest BCUT2D eigenvalue weighted by molar-refractivity contribution is -0.124. The van der Waals surface area contributed by atoms with Gasteiger partial charge in [-0.1, -0.05) is 36.4 Å². The molecule has 0 radical (unpaired) electrons. The summed E-state index contributed by atoms with van der Waals surface area (Å²) < 4.78 is 16.5. The van der Waals surface area contributed by atoms with Gasteiger partial charge in [-0.2, -0.15) is 0 Å². The predicted octanol–water partition coefficient (Wildman–Crippen LogP) is 3.87. The van der Waals surface area contributed by atoms with E-state index in [1.54, 1.807) is 27.4 Å². The van der Waals surface area contributed by atoms with Crippen molar-refractivity contribution in [2.45, 2.75) is 24.9 Å². The molecule has 0 saturated carbocycles. The third-order valence-electron chi connectivity index (χ3n) is 6.95. The van der Waals surface area contributed by atoms with E-state index in [1.807, 2.05) is 59.5 Å². The summed E-state index contributed by atoms with van der Waals surface area (Å²) in [5.74, 6) is 1.16. The largest absolute Gasteiger partial charge is 0.496 e. The minimum Gasteiger partial charge on any atom is -0.496 e. The zero-order valence-corrected chi connectivity index (χ0v) is 20.0. The second-order valence-corrected chi connectivity index (χ2v) is 8.69. The fraction of sp³-hybridized carbons (Fsp3) is 0.286. The highest BCUT2D eigenvalue weighted by atomic mass is 16.5. The zero-order valence-electron chi connectivity index (χ0n) is 20.0. The molecule has 0 unspecified atom stereocenters. The van der Waals surface area contributed by atoms with Gasteiger partial charge in [0, 0.05) is 24.2 Å². The van der Waals surface area contributed by atoms with Crippen molar-refractivity contribution in [2.24, 2.45) is 0 Å². The molecule has 35 heavy (non-hydrogen) atoms. The summed E-state index contributed by atoms with van der Waals surface area (Å²) in [7, 11) is 4.81. The standard InChI is InChI=1S/C28H28N2O5/c1-33-22-11-7-4-8-18(22)16-29-27(31)25-19-9-5-6-10-20(19)28(32)30-13-12-17-14-23(34-2)24(35-3)15-21(17)26(25)30/h4-11,14-15,25-26H,12-13,16H2,1-3H3,(H,29,31)/t25-,26-/m0/s1. The maximum atomic E-state index is 13.8. The van der Waals surface area contributed by atoms with Crippen molar-refractivity contribution in [1.29, 1.82) is 0 Å². The fourth-order valence-electron chi connectivity index (χ4n) is 5.28. The number of carbonyl (C=O) groups is 2. The number of para-hydroxylation sites is 1. The number of hydrogen-bond acceptors (Lipinski definition) is 5. The summed E-state index contributed by atoms with van der Waals surface area (Å²) in [5.41, 5.74) is 4.16. The first-order valence-corrected chi connectivity index (χ1v) is 11.6. The Morgan fingerprint density at radius 3 is 2.37 bits per heavy atom. The SMILES string of the molecule is COc1ccccc1CNC(=O)[C@H]1c2ccccc2C(=O)N2CCc3cc(OC)c(OC)cc3[C@@H]12. The van der Waals surface area contributed by atoms with Gasteiger partial charge in [0.25, 0.3) is 5.91 Å². The zero-order chi connectivity index (χ0) is 24.5. The quantitative estimate of drug-likeness (QED) is 0.590. The highest BCUT2D eigenvalue weighted by molar-refractivity contribution is 6.01. The maximum Gasteiger partial charge on any atom is 0.254 e. The molecule has 0 saturated heterocycles. The number of methoxy groups -OCH3 is 3. The van der Waals surface area contributed by atoms with Gasteiger partial charge in [-0.15, -0.1) is 0 Å². The van der Waals surface area contributed by atoms with E-state index in [4.69, 9.17) is 14.2 Å². The summed E-state index contributed by atoms with van der Waals surface area (Å²) in [5, 5.41) is 3.10. The Morgan fingerprint density at radius 1 is 0.914 bits per heavy atom. The number of nitrogens with zero attached hydrogens (tertiary/aromatic N) is 1. The molecule has 1 N–H and O–H groups in total. The Hall–Kier alpha value is -4.00. The van der Waals surface area contributed by atoms with Gasteiger partial charge in [-0.3, -0.25) is 9.59 Å². The Bertz CT molecular complexity index is 1290. The van der Waals surface area contributed by atoms with Gasteiger partial charge in [0.15, 0.2) is 11.5 Å². The fourth-order valence-corrected chi connectivity index (χ4v) is 5.28. The van der Waals surface area contributed by atoms with Crippen molar-refractivity contribution in [2.75, 3.05) is 27.9 Å². The summed E-state index contributed by atoms with van der Waals surface area (Å²) >= 11 is 0. The summed E-state index contributed by atoms with van der Waals surface area (Å²) in [6.07, 6.45) is 0.676. The van der Waals surface area contributed by atoms with Gasteiger partial charge < -0.3 is 24.4 Å². The Balaban J connectivity index is 1.58. The van der Waals surface area contributed by atoms with Gasteiger partial charge in [-0.25, -0.2) is 0 Å². The van der Waals surface area contributed by atoms with E-state index in [0.717, 1.165) is 22.3 Å². The van der Waals surface area contributed by atoms with Crippen LogP contribution in [0.1, 0.15) is 44.6 Å². The third-order valence-corrected chi connectivity index (χ3v) is 6.95. The number of rotatable bonds is 6. The molecule has 2 aliphatic rings. The number of benzene rings is 3. The average Bonchev–Trinajstić information content (AvgIpc) is 2.91. The second kappa shape index (κ2) is 9.33. The van der Waals surface area contributed by atoms with Crippen molar-refractivity contribution in [3.8, 4) is 17.2 Å². The van der Waals surface area contributed by atoms with Crippen molar-refractivity contribution in [3.05, 3.63) is 88.5 Å². The number of carbonyl (C=O) groups excluding carboxylic acids is 2. The monoisotopic (exact) mass is 472 g/mol. The summed E-state index contributed by atoms with van der Waals surface area (Å²) in [6, 6.07) is 18.4. The van der Waals surface area contributed by atoms with Crippen LogP contribution in [-0.2, 0) is 17.8 Å². The molecular formula is C28H28N2O5. The van der Waals surface area contributed by atoms with Gasteiger partial charge in [0.2, 0.25) is 5.91 Å². The smallest absolute Gasteiger partial charge is 0.254 e.